The highest BCUT2D eigenvalue weighted by Gasteiger charge is 2.06. The van der Waals surface area contributed by atoms with E-state index in [1.54, 1.807) is 6.20 Å². The van der Waals surface area contributed by atoms with Crippen molar-refractivity contribution in [2.24, 2.45) is 0 Å². The predicted octanol–water partition coefficient (Wildman–Crippen LogP) is 2.83. The van der Waals surface area contributed by atoms with Gasteiger partial charge in [-0.3, -0.25) is 9.78 Å². The van der Waals surface area contributed by atoms with Crippen LogP contribution in [0.1, 0.15) is 22.3 Å². The number of fused-ring (bicyclic) bond motifs is 1. The molecule has 0 saturated carbocycles. The van der Waals surface area contributed by atoms with Gasteiger partial charge in [-0.15, -0.1) is 0 Å². The third-order valence-electron chi connectivity index (χ3n) is 4.00. The quantitative estimate of drug-likeness (QED) is 0.777. The van der Waals surface area contributed by atoms with Crippen molar-refractivity contribution in [3.63, 3.8) is 0 Å². The molecule has 4 heteroatoms. The normalized spacial score (nSPS) is 11.0. The molecule has 0 saturated heterocycles. The zero-order chi connectivity index (χ0) is 15.5. The molecule has 2 N–H and O–H groups in total. The van der Waals surface area contributed by atoms with Gasteiger partial charge in [-0.2, -0.15) is 0 Å². The third kappa shape index (κ3) is 2.92. The summed E-state index contributed by atoms with van der Waals surface area (Å²) in [5.41, 5.74) is 5.07. The van der Waals surface area contributed by atoms with Crippen LogP contribution < -0.4 is 10.9 Å². The number of benzene rings is 1. The largest absolute Gasteiger partial charge is 0.321 e. The number of rotatable bonds is 4. The lowest BCUT2D eigenvalue weighted by Crippen LogP contribution is -2.21. The molecule has 0 unspecified atom stereocenters. The average Bonchev–Trinajstić information content (AvgIpc) is 2.53. The van der Waals surface area contributed by atoms with Crippen molar-refractivity contribution in [2.45, 2.75) is 26.9 Å². The molecule has 3 aromatic rings. The Balaban J connectivity index is 1.81. The van der Waals surface area contributed by atoms with E-state index in [4.69, 9.17) is 0 Å². The van der Waals surface area contributed by atoms with Crippen LogP contribution in [-0.2, 0) is 13.1 Å². The number of nitrogens with zero attached hydrogens (tertiary/aromatic N) is 1. The van der Waals surface area contributed by atoms with Crippen LogP contribution in [0.4, 0.5) is 0 Å². The second-order valence-electron chi connectivity index (χ2n) is 5.56. The van der Waals surface area contributed by atoms with E-state index >= 15 is 0 Å². The molecule has 0 fully saturated rings. The van der Waals surface area contributed by atoms with Crippen LogP contribution in [0.5, 0.6) is 0 Å². The molecule has 2 heterocycles. The topological polar surface area (TPSA) is 57.8 Å². The highest BCUT2D eigenvalue weighted by Crippen LogP contribution is 2.18. The lowest BCUT2D eigenvalue weighted by Gasteiger charge is -2.08. The first-order valence-corrected chi connectivity index (χ1v) is 7.37. The van der Waals surface area contributed by atoms with Crippen LogP contribution in [-0.4, -0.2) is 9.97 Å². The second kappa shape index (κ2) is 6.12. The summed E-state index contributed by atoms with van der Waals surface area (Å²) in [6.45, 7) is 5.32. The summed E-state index contributed by atoms with van der Waals surface area (Å²) >= 11 is 0. The third-order valence-corrected chi connectivity index (χ3v) is 4.00. The fourth-order valence-corrected chi connectivity index (χ4v) is 2.55. The number of nitrogens with one attached hydrogen (secondary N) is 2. The summed E-state index contributed by atoms with van der Waals surface area (Å²) in [5, 5.41) is 4.36. The molecule has 0 radical (unpaired) electrons. The van der Waals surface area contributed by atoms with Gasteiger partial charge in [-0.25, -0.2) is 0 Å². The maximum absolute atomic E-state index is 12.2. The standard InChI is InChI=1S/C18H19N3O/c1-12-5-6-15-8-16(18(22)21-17(15)13(12)2)11-20-10-14-4-3-7-19-9-14/h3-9,20H,10-11H2,1-2H3,(H,21,22). The Hall–Kier alpha value is -2.46. The van der Waals surface area contributed by atoms with E-state index in [0.29, 0.717) is 13.1 Å². The van der Waals surface area contributed by atoms with E-state index in [2.05, 4.69) is 34.3 Å². The minimum atomic E-state index is -0.0279. The maximum Gasteiger partial charge on any atom is 0.252 e. The van der Waals surface area contributed by atoms with Gasteiger partial charge in [0.05, 0.1) is 5.52 Å². The summed E-state index contributed by atoms with van der Waals surface area (Å²) < 4.78 is 0. The van der Waals surface area contributed by atoms with Gasteiger partial charge in [-0.1, -0.05) is 18.2 Å². The number of H-pyrrole nitrogens is 1. The van der Waals surface area contributed by atoms with Crippen molar-refractivity contribution in [2.75, 3.05) is 0 Å². The van der Waals surface area contributed by atoms with Crippen LogP contribution in [0.3, 0.4) is 0 Å². The molecule has 0 aliphatic carbocycles. The second-order valence-corrected chi connectivity index (χ2v) is 5.56. The van der Waals surface area contributed by atoms with Gasteiger partial charge < -0.3 is 10.3 Å². The first-order chi connectivity index (χ1) is 10.6. The fraction of sp³-hybridized carbons (Fsp3) is 0.222. The molecule has 0 aliphatic rings. The lowest BCUT2D eigenvalue weighted by molar-refractivity contribution is 0.687. The van der Waals surface area contributed by atoms with Crippen LogP contribution in [0.25, 0.3) is 10.9 Å². The molecule has 2 aromatic heterocycles. The number of hydrogen-bond donors (Lipinski definition) is 2. The molecular formula is C18H19N3O. The van der Waals surface area contributed by atoms with Gasteiger partial charge in [0.25, 0.3) is 5.56 Å². The van der Waals surface area contributed by atoms with E-state index in [-0.39, 0.29) is 5.56 Å². The first-order valence-electron chi connectivity index (χ1n) is 7.37. The van der Waals surface area contributed by atoms with E-state index in [1.165, 1.54) is 5.56 Å². The SMILES string of the molecule is Cc1ccc2cc(CNCc3cccnc3)c(=O)[nH]c2c1C. The smallest absolute Gasteiger partial charge is 0.252 e. The van der Waals surface area contributed by atoms with Crippen molar-refractivity contribution in [3.8, 4) is 0 Å². The Morgan fingerprint density at radius 3 is 2.82 bits per heavy atom. The van der Waals surface area contributed by atoms with Crippen molar-refractivity contribution in [3.05, 3.63) is 75.3 Å². The Kier molecular flexibility index (Phi) is 4.02. The summed E-state index contributed by atoms with van der Waals surface area (Å²) in [5.74, 6) is 0. The number of hydrogen-bond acceptors (Lipinski definition) is 3. The zero-order valence-electron chi connectivity index (χ0n) is 12.8. The fourth-order valence-electron chi connectivity index (χ4n) is 2.55. The summed E-state index contributed by atoms with van der Waals surface area (Å²) in [6, 6.07) is 10.0. The highest BCUT2D eigenvalue weighted by molar-refractivity contribution is 5.83. The summed E-state index contributed by atoms with van der Waals surface area (Å²) in [7, 11) is 0. The van der Waals surface area contributed by atoms with Crippen molar-refractivity contribution in [1.82, 2.24) is 15.3 Å². The van der Waals surface area contributed by atoms with Gasteiger partial charge >= 0.3 is 0 Å². The van der Waals surface area contributed by atoms with Crippen molar-refractivity contribution >= 4 is 10.9 Å². The molecule has 0 spiro atoms. The molecular weight excluding hydrogens is 274 g/mol. The highest BCUT2D eigenvalue weighted by atomic mass is 16.1. The lowest BCUT2D eigenvalue weighted by atomic mass is 10.0. The van der Waals surface area contributed by atoms with Gasteiger partial charge in [0.2, 0.25) is 0 Å². The minimum Gasteiger partial charge on any atom is -0.321 e. The van der Waals surface area contributed by atoms with Gasteiger partial charge in [0, 0.05) is 31.0 Å². The van der Waals surface area contributed by atoms with Crippen molar-refractivity contribution < 1.29 is 0 Å². The van der Waals surface area contributed by atoms with Gasteiger partial charge in [0.1, 0.15) is 0 Å². The molecule has 0 atom stereocenters. The molecule has 1 aromatic carbocycles. The zero-order valence-corrected chi connectivity index (χ0v) is 12.8. The first kappa shape index (κ1) is 14.5. The van der Waals surface area contributed by atoms with E-state index < -0.39 is 0 Å². The van der Waals surface area contributed by atoms with E-state index in [0.717, 1.165) is 27.6 Å². The number of pyridine rings is 2. The summed E-state index contributed by atoms with van der Waals surface area (Å²) in [4.78, 5) is 19.3. The van der Waals surface area contributed by atoms with Gasteiger partial charge in [0.15, 0.2) is 0 Å². The molecule has 4 nitrogen and oxygen atoms in total. The Morgan fingerprint density at radius 2 is 2.05 bits per heavy atom. The molecule has 0 aliphatic heterocycles. The van der Waals surface area contributed by atoms with Crippen LogP contribution >= 0.6 is 0 Å². The Bertz CT molecular complexity index is 853. The Morgan fingerprint density at radius 1 is 1.18 bits per heavy atom. The predicted molar refractivity (Wildman–Crippen MR) is 88.8 cm³/mol. The van der Waals surface area contributed by atoms with Crippen LogP contribution in [0.2, 0.25) is 0 Å². The molecule has 112 valence electrons. The molecule has 22 heavy (non-hydrogen) atoms. The molecule has 0 bridgehead atoms. The van der Waals surface area contributed by atoms with E-state index in [1.807, 2.05) is 31.3 Å². The molecule has 0 amide bonds. The maximum atomic E-state index is 12.2. The van der Waals surface area contributed by atoms with E-state index in [9.17, 15) is 4.79 Å². The Labute approximate surface area is 129 Å². The van der Waals surface area contributed by atoms with Crippen molar-refractivity contribution in [1.29, 1.82) is 0 Å². The average molecular weight is 293 g/mol. The monoisotopic (exact) mass is 293 g/mol. The number of aromatic nitrogens is 2. The summed E-state index contributed by atoms with van der Waals surface area (Å²) in [6.07, 6.45) is 3.58. The molecule has 3 rings (SSSR count). The van der Waals surface area contributed by atoms with Gasteiger partial charge in [-0.05, 0) is 48.1 Å². The van der Waals surface area contributed by atoms with Crippen LogP contribution in [0, 0.1) is 13.8 Å². The number of aryl methyl sites for hydroxylation is 2. The minimum absolute atomic E-state index is 0.0279. The van der Waals surface area contributed by atoms with Crippen LogP contribution in [0.15, 0.2) is 47.5 Å². The number of aromatic amines is 1.